The van der Waals surface area contributed by atoms with Gasteiger partial charge < -0.3 is 15.4 Å². The molecule has 1 unspecified atom stereocenters. The quantitative estimate of drug-likeness (QED) is 0.777. The Bertz CT molecular complexity index is 587. The lowest BCUT2D eigenvalue weighted by Gasteiger charge is -2.26. The van der Waals surface area contributed by atoms with E-state index in [2.05, 4.69) is 15.3 Å². The second kappa shape index (κ2) is 5.01. The Morgan fingerprint density at radius 2 is 2.26 bits per heavy atom. The summed E-state index contributed by atoms with van der Waals surface area (Å²) in [7, 11) is 0. The molecule has 1 aromatic heterocycles. The van der Waals surface area contributed by atoms with Crippen LogP contribution in [0.15, 0.2) is 24.5 Å². The average molecular weight is 261 g/mol. The lowest BCUT2D eigenvalue weighted by Crippen LogP contribution is -2.40. The summed E-state index contributed by atoms with van der Waals surface area (Å²) in [6.45, 7) is 6.02. The van der Waals surface area contributed by atoms with Gasteiger partial charge >= 0.3 is 0 Å². The Morgan fingerprint density at radius 1 is 1.53 bits per heavy atom. The predicted molar refractivity (Wildman–Crippen MR) is 73.8 cm³/mol. The summed E-state index contributed by atoms with van der Waals surface area (Å²) in [5.74, 6) is -0.351. The molecule has 0 radical (unpaired) electrons. The predicted octanol–water partition coefficient (Wildman–Crippen LogP) is 1.34. The highest BCUT2D eigenvalue weighted by Gasteiger charge is 2.22. The molecule has 2 aromatic rings. The minimum Gasteiger partial charge on any atom is -0.384 e. The second-order valence-electron chi connectivity index (χ2n) is 5.41. The smallest absolute Gasteiger partial charge is 0.248 e. The first kappa shape index (κ1) is 13.5. The van der Waals surface area contributed by atoms with Crippen molar-refractivity contribution in [2.75, 3.05) is 6.54 Å². The largest absolute Gasteiger partial charge is 0.384 e. The molecule has 0 saturated heterocycles. The van der Waals surface area contributed by atoms with Crippen LogP contribution in [0.5, 0.6) is 0 Å². The molecule has 1 aromatic carbocycles. The number of nitrogens with zero attached hydrogens (tertiary/aromatic N) is 1. The van der Waals surface area contributed by atoms with Crippen LogP contribution in [0.1, 0.15) is 26.3 Å². The van der Waals surface area contributed by atoms with Crippen molar-refractivity contribution in [2.24, 2.45) is 0 Å². The number of hydrogen-bond donors (Lipinski definition) is 3. The van der Waals surface area contributed by atoms with Gasteiger partial charge in [-0.2, -0.15) is 0 Å². The van der Waals surface area contributed by atoms with Gasteiger partial charge in [-0.25, -0.2) is 4.98 Å². The number of nitrogens with one attached hydrogen (secondary N) is 2. The van der Waals surface area contributed by atoms with Crippen LogP contribution in [0.4, 0.5) is 0 Å². The maximum absolute atomic E-state index is 11.4. The SMILES string of the molecule is CC(O)C(=O)NCC(C)(C)c1ccc2nc[nH]c2c1. The number of aliphatic hydroxyl groups is 1. The molecular formula is C14H19N3O2. The summed E-state index contributed by atoms with van der Waals surface area (Å²) >= 11 is 0. The standard InChI is InChI=1S/C14H19N3O2/c1-9(18)13(19)15-7-14(2,3)10-4-5-11-12(6-10)17-8-16-11/h4-6,8-9,18H,7H2,1-3H3,(H,15,19)(H,16,17). The van der Waals surface area contributed by atoms with Gasteiger partial charge in [0.1, 0.15) is 6.10 Å². The average Bonchev–Trinajstić information content (AvgIpc) is 2.82. The van der Waals surface area contributed by atoms with E-state index in [1.165, 1.54) is 6.92 Å². The van der Waals surface area contributed by atoms with Crippen LogP contribution >= 0.6 is 0 Å². The van der Waals surface area contributed by atoms with Gasteiger partial charge in [-0.3, -0.25) is 4.79 Å². The molecule has 0 aliphatic carbocycles. The lowest BCUT2D eigenvalue weighted by molar-refractivity contribution is -0.128. The van der Waals surface area contributed by atoms with Crippen molar-refractivity contribution in [2.45, 2.75) is 32.3 Å². The summed E-state index contributed by atoms with van der Waals surface area (Å²) in [5, 5.41) is 11.9. The number of carbonyl (C=O) groups excluding carboxylic acids is 1. The molecule has 0 fully saturated rings. The van der Waals surface area contributed by atoms with E-state index in [0.717, 1.165) is 16.6 Å². The topological polar surface area (TPSA) is 78.0 Å². The molecule has 0 spiro atoms. The monoisotopic (exact) mass is 261 g/mol. The molecule has 19 heavy (non-hydrogen) atoms. The van der Waals surface area contributed by atoms with E-state index in [-0.39, 0.29) is 11.3 Å². The van der Waals surface area contributed by atoms with Crippen molar-refractivity contribution in [1.82, 2.24) is 15.3 Å². The number of amides is 1. The van der Waals surface area contributed by atoms with Gasteiger partial charge in [0.15, 0.2) is 0 Å². The summed E-state index contributed by atoms with van der Waals surface area (Å²) in [4.78, 5) is 18.7. The van der Waals surface area contributed by atoms with Crippen molar-refractivity contribution >= 4 is 16.9 Å². The zero-order valence-corrected chi connectivity index (χ0v) is 11.4. The van der Waals surface area contributed by atoms with Crippen LogP contribution < -0.4 is 5.32 Å². The Labute approximate surface area is 112 Å². The second-order valence-corrected chi connectivity index (χ2v) is 5.41. The molecule has 3 N–H and O–H groups in total. The third-order valence-electron chi connectivity index (χ3n) is 3.29. The minimum absolute atomic E-state index is 0.218. The van der Waals surface area contributed by atoms with Gasteiger partial charge in [-0.1, -0.05) is 19.9 Å². The summed E-state index contributed by atoms with van der Waals surface area (Å²) in [6, 6.07) is 6.01. The number of imidazole rings is 1. The molecular weight excluding hydrogens is 242 g/mol. The Kier molecular flexibility index (Phi) is 3.57. The van der Waals surface area contributed by atoms with E-state index in [1.807, 2.05) is 32.0 Å². The van der Waals surface area contributed by atoms with Gasteiger partial charge in [0.05, 0.1) is 17.4 Å². The van der Waals surface area contributed by atoms with Gasteiger partial charge in [0.25, 0.3) is 0 Å². The van der Waals surface area contributed by atoms with E-state index in [9.17, 15) is 9.90 Å². The van der Waals surface area contributed by atoms with Crippen molar-refractivity contribution in [3.63, 3.8) is 0 Å². The highest BCUT2D eigenvalue weighted by atomic mass is 16.3. The summed E-state index contributed by atoms with van der Waals surface area (Å²) < 4.78 is 0. The van der Waals surface area contributed by atoms with Crippen LogP contribution in [0.25, 0.3) is 11.0 Å². The summed E-state index contributed by atoms with van der Waals surface area (Å²) in [6.07, 6.45) is 0.683. The van der Waals surface area contributed by atoms with Crippen LogP contribution in [0, 0.1) is 0 Å². The number of H-pyrrole nitrogens is 1. The van der Waals surface area contributed by atoms with E-state index >= 15 is 0 Å². The van der Waals surface area contributed by atoms with Crippen LogP contribution in [0.2, 0.25) is 0 Å². The van der Waals surface area contributed by atoms with Crippen LogP contribution in [-0.4, -0.2) is 33.6 Å². The lowest BCUT2D eigenvalue weighted by atomic mass is 9.84. The Hall–Kier alpha value is -1.88. The number of aliphatic hydroxyl groups excluding tert-OH is 1. The number of aromatic amines is 1. The van der Waals surface area contributed by atoms with Gasteiger partial charge in [-0.05, 0) is 24.6 Å². The van der Waals surface area contributed by atoms with Gasteiger partial charge in [0, 0.05) is 12.0 Å². The fourth-order valence-corrected chi connectivity index (χ4v) is 1.91. The molecule has 2 rings (SSSR count). The minimum atomic E-state index is -0.981. The maximum atomic E-state index is 11.4. The molecule has 0 aliphatic heterocycles. The fourth-order valence-electron chi connectivity index (χ4n) is 1.91. The Balaban J connectivity index is 2.15. The van der Waals surface area contributed by atoms with Crippen LogP contribution in [-0.2, 0) is 10.2 Å². The van der Waals surface area contributed by atoms with E-state index in [0.29, 0.717) is 6.54 Å². The van der Waals surface area contributed by atoms with Crippen molar-refractivity contribution in [1.29, 1.82) is 0 Å². The molecule has 0 saturated carbocycles. The number of fused-ring (bicyclic) bond motifs is 1. The van der Waals surface area contributed by atoms with Crippen LogP contribution in [0.3, 0.4) is 0 Å². The van der Waals surface area contributed by atoms with Crippen molar-refractivity contribution < 1.29 is 9.90 Å². The normalized spacial score (nSPS) is 13.5. The van der Waals surface area contributed by atoms with Crippen molar-refractivity contribution in [3.8, 4) is 0 Å². The first-order valence-corrected chi connectivity index (χ1v) is 6.29. The van der Waals surface area contributed by atoms with E-state index in [1.54, 1.807) is 6.33 Å². The third-order valence-corrected chi connectivity index (χ3v) is 3.29. The Morgan fingerprint density at radius 3 is 2.95 bits per heavy atom. The molecule has 102 valence electrons. The summed E-state index contributed by atoms with van der Waals surface area (Å²) in [5.41, 5.74) is 2.79. The molecule has 1 amide bonds. The number of carbonyl (C=O) groups is 1. The van der Waals surface area contributed by atoms with Gasteiger partial charge in [-0.15, -0.1) is 0 Å². The number of aromatic nitrogens is 2. The highest BCUT2D eigenvalue weighted by molar-refractivity contribution is 5.80. The molecule has 5 heteroatoms. The van der Waals surface area contributed by atoms with E-state index in [4.69, 9.17) is 0 Å². The van der Waals surface area contributed by atoms with Crippen molar-refractivity contribution in [3.05, 3.63) is 30.1 Å². The van der Waals surface area contributed by atoms with E-state index < -0.39 is 6.10 Å². The zero-order valence-electron chi connectivity index (χ0n) is 11.4. The molecule has 5 nitrogen and oxygen atoms in total. The molecule has 1 atom stereocenters. The highest BCUT2D eigenvalue weighted by Crippen LogP contribution is 2.24. The fraction of sp³-hybridized carbons (Fsp3) is 0.429. The zero-order chi connectivity index (χ0) is 14.0. The number of hydrogen-bond acceptors (Lipinski definition) is 3. The molecule has 1 heterocycles. The first-order chi connectivity index (χ1) is 8.90. The third kappa shape index (κ3) is 2.93. The first-order valence-electron chi connectivity index (χ1n) is 6.29. The number of rotatable bonds is 4. The maximum Gasteiger partial charge on any atom is 0.248 e. The molecule has 0 bridgehead atoms. The number of benzene rings is 1. The molecule has 0 aliphatic rings. The van der Waals surface area contributed by atoms with Gasteiger partial charge in [0.2, 0.25) is 5.91 Å².